The third-order valence-electron chi connectivity index (χ3n) is 6.62. The molecule has 34 heavy (non-hydrogen) atoms. The van der Waals surface area contributed by atoms with Crippen molar-refractivity contribution < 1.29 is 14.3 Å². The highest BCUT2D eigenvalue weighted by atomic mass is 16.5. The van der Waals surface area contributed by atoms with Crippen molar-refractivity contribution in [3.05, 3.63) is 95.2 Å². The molecule has 0 unspecified atom stereocenters. The molecule has 168 valence electrons. The number of aromatic nitrogens is 1. The first-order chi connectivity index (χ1) is 16.6. The fraction of sp³-hybridized carbons (Fsp3) is 0.179. The Hall–Kier alpha value is -4.19. The van der Waals surface area contributed by atoms with Gasteiger partial charge in [0.2, 0.25) is 0 Å². The Balaban J connectivity index is 1.45. The summed E-state index contributed by atoms with van der Waals surface area (Å²) in [5.41, 5.74) is 5.83. The minimum atomic E-state index is -0.807. The third-order valence-corrected chi connectivity index (χ3v) is 6.62. The SMILES string of the molecule is COc1cc2c3c(c1)C(c1ccccc1)=N[C@@H](CC(=O)c1cc4ccccc4[nH]1)C(=O)N3CC2. The monoisotopic (exact) mass is 449 g/mol. The molecule has 0 aliphatic carbocycles. The zero-order valence-corrected chi connectivity index (χ0v) is 18.7. The van der Waals surface area contributed by atoms with Crippen LogP contribution in [-0.4, -0.2) is 42.1 Å². The van der Waals surface area contributed by atoms with Gasteiger partial charge in [0.25, 0.3) is 5.91 Å². The van der Waals surface area contributed by atoms with E-state index < -0.39 is 6.04 Å². The molecule has 0 bridgehead atoms. The molecule has 1 amide bonds. The molecular formula is C28H23N3O3. The summed E-state index contributed by atoms with van der Waals surface area (Å²) in [7, 11) is 1.64. The third kappa shape index (κ3) is 3.30. The lowest BCUT2D eigenvalue weighted by atomic mass is 9.97. The van der Waals surface area contributed by atoms with Gasteiger partial charge >= 0.3 is 0 Å². The summed E-state index contributed by atoms with van der Waals surface area (Å²) < 4.78 is 5.55. The number of aliphatic imine (C=N–C) groups is 1. The summed E-state index contributed by atoms with van der Waals surface area (Å²) in [6, 6.07) is 22.5. The maximum atomic E-state index is 13.7. The maximum absolute atomic E-state index is 13.7. The van der Waals surface area contributed by atoms with Gasteiger partial charge in [0.15, 0.2) is 5.78 Å². The van der Waals surface area contributed by atoms with Gasteiger partial charge in [-0.1, -0.05) is 48.5 Å². The highest BCUT2D eigenvalue weighted by Crippen LogP contribution is 2.39. The molecule has 1 atom stereocenters. The molecule has 4 aromatic rings. The Labute approximate surface area is 196 Å². The Morgan fingerprint density at radius 2 is 1.88 bits per heavy atom. The van der Waals surface area contributed by atoms with E-state index in [9.17, 15) is 9.59 Å². The highest BCUT2D eigenvalue weighted by molar-refractivity contribution is 6.21. The number of fused-ring (bicyclic) bond motifs is 1. The Morgan fingerprint density at radius 3 is 2.68 bits per heavy atom. The largest absolute Gasteiger partial charge is 0.497 e. The van der Waals surface area contributed by atoms with E-state index in [2.05, 4.69) is 4.98 Å². The predicted octanol–water partition coefficient (Wildman–Crippen LogP) is 4.56. The number of nitrogens with one attached hydrogen (secondary N) is 1. The molecule has 6 rings (SSSR count). The number of carbonyl (C=O) groups is 2. The Morgan fingerprint density at radius 1 is 1.09 bits per heavy atom. The van der Waals surface area contributed by atoms with E-state index in [1.165, 1.54) is 0 Å². The van der Waals surface area contributed by atoms with Crippen molar-refractivity contribution in [3.63, 3.8) is 0 Å². The van der Waals surface area contributed by atoms with E-state index in [1.807, 2.05) is 72.8 Å². The quantitative estimate of drug-likeness (QED) is 0.454. The number of para-hydroxylation sites is 1. The van der Waals surface area contributed by atoms with Crippen LogP contribution in [0.15, 0.2) is 77.8 Å². The molecule has 3 heterocycles. The molecule has 0 fully saturated rings. The number of amides is 1. The fourth-order valence-corrected chi connectivity index (χ4v) is 4.97. The van der Waals surface area contributed by atoms with Crippen molar-refractivity contribution in [2.45, 2.75) is 18.9 Å². The van der Waals surface area contributed by atoms with Crippen molar-refractivity contribution >= 4 is 34.0 Å². The number of aromatic amines is 1. The van der Waals surface area contributed by atoms with Crippen LogP contribution in [0.3, 0.4) is 0 Å². The van der Waals surface area contributed by atoms with Crippen molar-refractivity contribution in [2.75, 3.05) is 18.6 Å². The molecule has 0 saturated heterocycles. The summed E-state index contributed by atoms with van der Waals surface area (Å²) in [6.07, 6.45) is 0.745. The average Bonchev–Trinajstić information content (AvgIpc) is 3.48. The Bertz CT molecular complexity index is 1440. The standard InChI is InChI=1S/C28H23N3O3/c1-34-20-13-19-11-12-31-27(19)21(15-20)26(17-7-3-2-4-8-17)30-24(28(31)33)16-25(32)23-14-18-9-5-6-10-22(18)29-23/h2-10,13-15,24,29H,11-12,16H2,1H3/t24-/m0/s1. The molecule has 2 aliphatic rings. The van der Waals surface area contributed by atoms with Crippen LogP contribution in [0, 0.1) is 0 Å². The van der Waals surface area contributed by atoms with E-state index in [-0.39, 0.29) is 18.1 Å². The molecule has 6 heteroatoms. The van der Waals surface area contributed by atoms with Crippen molar-refractivity contribution in [1.29, 1.82) is 0 Å². The van der Waals surface area contributed by atoms with Crippen LogP contribution < -0.4 is 9.64 Å². The first-order valence-corrected chi connectivity index (χ1v) is 11.4. The number of Topliss-reactive ketones (excluding diaryl/α,β-unsaturated/α-hetero) is 1. The molecule has 2 aliphatic heterocycles. The summed E-state index contributed by atoms with van der Waals surface area (Å²) >= 11 is 0. The van der Waals surface area contributed by atoms with Crippen LogP contribution in [0.1, 0.15) is 33.6 Å². The van der Waals surface area contributed by atoms with Crippen molar-refractivity contribution in [1.82, 2.24) is 4.98 Å². The predicted molar refractivity (Wildman–Crippen MR) is 132 cm³/mol. The average molecular weight is 450 g/mol. The molecular weight excluding hydrogens is 426 g/mol. The molecule has 3 aromatic carbocycles. The zero-order valence-electron chi connectivity index (χ0n) is 18.7. The summed E-state index contributed by atoms with van der Waals surface area (Å²) in [5.74, 6) is 0.466. The Kier molecular flexibility index (Phi) is 4.80. The van der Waals surface area contributed by atoms with Crippen LogP contribution >= 0.6 is 0 Å². The van der Waals surface area contributed by atoms with Gasteiger partial charge in [0, 0.05) is 35.0 Å². The molecule has 1 N–H and O–H groups in total. The van der Waals surface area contributed by atoms with E-state index >= 15 is 0 Å². The topological polar surface area (TPSA) is 74.8 Å². The zero-order chi connectivity index (χ0) is 23.2. The van der Waals surface area contributed by atoms with Gasteiger partial charge in [-0.05, 0) is 36.2 Å². The lowest BCUT2D eigenvalue weighted by Crippen LogP contribution is -2.37. The molecule has 0 radical (unpaired) electrons. The van der Waals surface area contributed by atoms with E-state index in [0.717, 1.165) is 45.5 Å². The van der Waals surface area contributed by atoms with Gasteiger partial charge in [-0.25, -0.2) is 0 Å². The summed E-state index contributed by atoms with van der Waals surface area (Å²) in [5, 5.41) is 0.968. The number of anilines is 1. The van der Waals surface area contributed by atoms with Crippen LogP contribution in [0.5, 0.6) is 5.75 Å². The molecule has 6 nitrogen and oxygen atoms in total. The normalized spacial score (nSPS) is 16.9. The number of ketones is 1. The molecule has 0 spiro atoms. The molecule has 1 aromatic heterocycles. The van der Waals surface area contributed by atoms with E-state index in [1.54, 1.807) is 12.0 Å². The lowest BCUT2D eigenvalue weighted by Gasteiger charge is -2.20. The number of H-pyrrole nitrogens is 1. The number of carbonyl (C=O) groups excluding carboxylic acids is 2. The van der Waals surface area contributed by atoms with Crippen LogP contribution in [0.2, 0.25) is 0 Å². The van der Waals surface area contributed by atoms with E-state index in [0.29, 0.717) is 18.0 Å². The minimum absolute atomic E-state index is 0.00105. The van der Waals surface area contributed by atoms with Crippen LogP contribution in [0.25, 0.3) is 10.9 Å². The number of methoxy groups -OCH3 is 1. The number of nitrogens with zero attached hydrogens (tertiary/aromatic N) is 2. The van der Waals surface area contributed by atoms with Crippen molar-refractivity contribution in [3.8, 4) is 5.75 Å². The van der Waals surface area contributed by atoms with Gasteiger partial charge < -0.3 is 14.6 Å². The highest BCUT2D eigenvalue weighted by Gasteiger charge is 2.38. The smallest absolute Gasteiger partial charge is 0.252 e. The van der Waals surface area contributed by atoms with Gasteiger partial charge in [-0.15, -0.1) is 0 Å². The van der Waals surface area contributed by atoms with Gasteiger partial charge in [0.1, 0.15) is 11.8 Å². The molecule has 0 saturated carbocycles. The lowest BCUT2D eigenvalue weighted by molar-refractivity contribution is -0.119. The number of benzene rings is 3. The second kappa shape index (κ2) is 7.99. The maximum Gasteiger partial charge on any atom is 0.252 e. The number of hydrogen-bond acceptors (Lipinski definition) is 4. The summed E-state index contributed by atoms with van der Waals surface area (Å²) in [6.45, 7) is 0.572. The fourth-order valence-electron chi connectivity index (χ4n) is 4.97. The summed E-state index contributed by atoms with van der Waals surface area (Å²) in [4.78, 5) is 36.9. The number of rotatable bonds is 5. The van der Waals surface area contributed by atoms with Crippen molar-refractivity contribution in [2.24, 2.45) is 4.99 Å². The van der Waals surface area contributed by atoms with E-state index in [4.69, 9.17) is 9.73 Å². The number of ether oxygens (including phenoxy) is 1. The van der Waals surface area contributed by atoms with Gasteiger partial charge in [0.05, 0.1) is 24.2 Å². The minimum Gasteiger partial charge on any atom is -0.497 e. The first-order valence-electron chi connectivity index (χ1n) is 11.4. The second-order valence-electron chi connectivity index (χ2n) is 8.68. The number of hydrogen-bond donors (Lipinski definition) is 1. The van der Waals surface area contributed by atoms with Gasteiger partial charge in [-0.2, -0.15) is 0 Å². The van der Waals surface area contributed by atoms with Gasteiger partial charge in [-0.3, -0.25) is 14.6 Å². The first kappa shape index (κ1) is 20.4. The van der Waals surface area contributed by atoms with Crippen LogP contribution in [0.4, 0.5) is 5.69 Å². The van der Waals surface area contributed by atoms with Crippen LogP contribution in [-0.2, 0) is 11.2 Å². The second-order valence-corrected chi connectivity index (χ2v) is 8.68.